The number of methoxy groups -OCH3 is 2. The molecule has 9 nitrogen and oxygen atoms in total. The third kappa shape index (κ3) is 4.12. The van der Waals surface area contributed by atoms with Gasteiger partial charge in [-0.25, -0.2) is 8.42 Å². The molecule has 1 aliphatic heterocycles. The fourth-order valence-electron chi connectivity index (χ4n) is 3.05. The summed E-state index contributed by atoms with van der Waals surface area (Å²) in [6.07, 6.45) is 0. The van der Waals surface area contributed by atoms with Crippen LogP contribution < -0.4 is 19.7 Å². The van der Waals surface area contributed by atoms with Gasteiger partial charge in [-0.3, -0.25) is 0 Å². The summed E-state index contributed by atoms with van der Waals surface area (Å²) in [6.45, 7) is 4.60. The Kier molecular flexibility index (Phi) is 6.20. The summed E-state index contributed by atoms with van der Waals surface area (Å²) in [6, 6.07) is 8.39. The van der Waals surface area contributed by atoms with E-state index in [1.165, 1.54) is 30.7 Å². The second kappa shape index (κ2) is 8.61. The van der Waals surface area contributed by atoms with Crippen molar-refractivity contribution in [2.24, 2.45) is 0 Å². The maximum Gasteiger partial charge on any atom is 0.243 e. The highest BCUT2D eigenvalue weighted by atomic mass is 32.2. The molecule has 1 N–H and O–H groups in total. The monoisotopic (exact) mass is 407 g/mol. The normalized spacial score (nSPS) is 15.3. The number of anilines is 2. The molecule has 0 atom stereocenters. The van der Waals surface area contributed by atoms with E-state index in [4.69, 9.17) is 9.47 Å². The first-order valence-corrected chi connectivity index (χ1v) is 10.5. The van der Waals surface area contributed by atoms with Gasteiger partial charge in [0.25, 0.3) is 0 Å². The molecule has 0 aliphatic carbocycles. The third-order valence-electron chi connectivity index (χ3n) is 4.56. The quantitative estimate of drug-likeness (QED) is 0.736. The van der Waals surface area contributed by atoms with E-state index in [-0.39, 0.29) is 4.90 Å². The number of nitrogens with one attached hydrogen (secondary N) is 1. The number of aromatic nitrogens is 2. The summed E-state index contributed by atoms with van der Waals surface area (Å²) in [5, 5.41) is 11.5. The molecule has 1 aromatic carbocycles. The fourth-order valence-corrected chi connectivity index (χ4v) is 4.49. The molecule has 0 bridgehead atoms. The minimum atomic E-state index is -3.61. The van der Waals surface area contributed by atoms with Crippen molar-refractivity contribution in [1.29, 1.82) is 0 Å². The van der Waals surface area contributed by atoms with Crippen LogP contribution >= 0.6 is 0 Å². The van der Waals surface area contributed by atoms with Gasteiger partial charge in [0.05, 0.1) is 19.1 Å². The zero-order valence-electron chi connectivity index (χ0n) is 16.3. The van der Waals surface area contributed by atoms with E-state index in [1.54, 1.807) is 6.07 Å². The van der Waals surface area contributed by atoms with Crippen molar-refractivity contribution >= 4 is 21.7 Å². The van der Waals surface area contributed by atoms with Crippen LogP contribution in [0.3, 0.4) is 0 Å². The third-order valence-corrected chi connectivity index (χ3v) is 6.46. The number of benzene rings is 1. The Labute approximate surface area is 165 Å². The van der Waals surface area contributed by atoms with Gasteiger partial charge in [0.15, 0.2) is 17.3 Å². The Bertz CT molecular complexity index is 897. The maximum absolute atomic E-state index is 13.0. The van der Waals surface area contributed by atoms with Crippen molar-refractivity contribution in [2.45, 2.75) is 11.8 Å². The second-order valence-corrected chi connectivity index (χ2v) is 8.15. The minimum Gasteiger partial charge on any atom is -0.493 e. The first-order valence-electron chi connectivity index (χ1n) is 9.04. The van der Waals surface area contributed by atoms with Crippen LogP contribution in [0, 0.1) is 0 Å². The minimum absolute atomic E-state index is 0.188. The highest BCUT2D eigenvalue weighted by Gasteiger charge is 2.29. The van der Waals surface area contributed by atoms with Crippen LogP contribution in [0.4, 0.5) is 11.6 Å². The van der Waals surface area contributed by atoms with Crippen molar-refractivity contribution < 1.29 is 17.9 Å². The van der Waals surface area contributed by atoms with Gasteiger partial charge in [-0.15, -0.1) is 10.2 Å². The maximum atomic E-state index is 13.0. The fraction of sp³-hybridized carbons (Fsp3) is 0.444. The van der Waals surface area contributed by atoms with Crippen LogP contribution in [0.1, 0.15) is 6.92 Å². The van der Waals surface area contributed by atoms with E-state index in [0.29, 0.717) is 37.7 Å². The Morgan fingerprint density at radius 2 is 1.71 bits per heavy atom. The Balaban J connectivity index is 1.69. The highest BCUT2D eigenvalue weighted by Crippen LogP contribution is 2.31. The molecule has 0 radical (unpaired) electrons. The summed E-state index contributed by atoms with van der Waals surface area (Å²) in [4.78, 5) is 2.22. The van der Waals surface area contributed by atoms with Crippen molar-refractivity contribution in [2.75, 3.05) is 57.2 Å². The molecule has 1 aliphatic rings. The van der Waals surface area contributed by atoms with Crippen LogP contribution in [0.15, 0.2) is 35.2 Å². The lowest BCUT2D eigenvalue weighted by atomic mass is 10.3. The van der Waals surface area contributed by atoms with Gasteiger partial charge in [0.2, 0.25) is 10.0 Å². The molecule has 28 heavy (non-hydrogen) atoms. The molecule has 0 unspecified atom stereocenters. The molecule has 1 fully saturated rings. The summed E-state index contributed by atoms with van der Waals surface area (Å²) in [7, 11) is -0.620. The second-order valence-electron chi connectivity index (χ2n) is 6.22. The number of rotatable bonds is 7. The summed E-state index contributed by atoms with van der Waals surface area (Å²) in [5.41, 5.74) is 0. The molecule has 0 saturated carbocycles. The highest BCUT2D eigenvalue weighted by molar-refractivity contribution is 7.89. The van der Waals surface area contributed by atoms with Gasteiger partial charge < -0.3 is 19.7 Å². The van der Waals surface area contributed by atoms with Gasteiger partial charge in [-0.2, -0.15) is 4.31 Å². The average Bonchev–Trinajstić information content (AvgIpc) is 2.74. The van der Waals surface area contributed by atoms with Gasteiger partial charge >= 0.3 is 0 Å². The lowest BCUT2D eigenvalue weighted by Crippen LogP contribution is -2.49. The molecule has 2 aromatic rings. The van der Waals surface area contributed by atoms with E-state index in [9.17, 15) is 8.42 Å². The Morgan fingerprint density at radius 3 is 2.29 bits per heavy atom. The summed E-state index contributed by atoms with van der Waals surface area (Å²) >= 11 is 0. The molecule has 0 spiro atoms. The molecule has 152 valence electrons. The van der Waals surface area contributed by atoms with E-state index in [1.807, 2.05) is 24.0 Å². The number of hydrogen-bond donors (Lipinski definition) is 1. The van der Waals surface area contributed by atoms with E-state index >= 15 is 0 Å². The molecule has 0 amide bonds. The van der Waals surface area contributed by atoms with Crippen LogP contribution in [0.5, 0.6) is 11.5 Å². The van der Waals surface area contributed by atoms with Gasteiger partial charge in [0, 0.05) is 38.8 Å². The molecule has 1 aromatic heterocycles. The standard InChI is InChI=1S/C18H25N5O4S/c1-4-19-17-7-8-18(21-20-17)22-9-11-23(12-10-22)28(24,25)14-5-6-15(26-2)16(13-14)27-3/h5-8,13H,4,9-12H2,1-3H3,(H,19,20). The predicted octanol–water partition coefficient (Wildman–Crippen LogP) is 1.44. The van der Waals surface area contributed by atoms with Gasteiger partial charge in [0.1, 0.15) is 5.82 Å². The molecule has 1 saturated heterocycles. The molecular weight excluding hydrogens is 382 g/mol. The van der Waals surface area contributed by atoms with E-state index in [0.717, 1.165) is 18.2 Å². The van der Waals surface area contributed by atoms with Crippen molar-refractivity contribution in [3.05, 3.63) is 30.3 Å². The van der Waals surface area contributed by atoms with Crippen LogP contribution in [-0.4, -0.2) is 69.9 Å². The summed E-state index contributed by atoms with van der Waals surface area (Å²) in [5.74, 6) is 2.34. The van der Waals surface area contributed by atoms with E-state index in [2.05, 4.69) is 15.5 Å². The van der Waals surface area contributed by atoms with Crippen LogP contribution in [-0.2, 0) is 10.0 Å². The molecule has 3 rings (SSSR count). The lowest BCUT2D eigenvalue weighted by Gasteiger charge is -2.34. The first kappa shape index (κ1) is 20.2. The lowest BCUT2D eigenvalue weighted by molar-refractivity contribution is 0.353. The molecule has 10 heteroatoms. The number of sulfonamides is 1. The van der Waals surface area contributed by atoms with Crippen LogP contribution in [0.25, 0.3) is 0 Å². The van der Waals surface area contributed by atoms with Gasteiger partial charge in [-0.05, 0) is 31.2 Å². The van der Waals surface area contributed by atoms with Crippen LogP contribution in [0.2, 0.25) is 0 Å². The van der Waals surface area contributed by atoms with Crippen molar-refractivity contribution in [3.63, 3.8) is 0 Å². The van der Waals surface area contributed by atoms with Gasteiger partial charge in [-0.1, -0.05) is 0 Å². The Hall–Kier alpha value is -2.59. The van der Waals surface area contributed by atoms with Crippen molar-refractivity contribution in [3.8, 4) is 11.5 Å². The predicted molar refractivity (Wildman–Crippen MR) is 107 cm³/mol. The Morgan fingerprint density at radius 1 is 1.00 bits per heavy atom. The van der Waals surface area contributed by atoms with Crippen molar-refractivity contribution in [1.82, 2.24) is 14.5 Å². The number of nitrogens with zero attached hydrogens (tertiary/aromatic N) is 4. The number of ether oxygens (including phenoxy) is 2. The number of piperazine rings is 1. The summed E-state index contributed by atoms with van der Waals surface area (Å²) < 4.78 is 37.9. The first-order chi connectivity index (χ1) is 13.5. The largest absolute Gasteiger partial charge is 0.493 e. The van der Waals surface area contributed by atoms with E-state index < -0.39 is 10.0 Å². The smallest absolute Gasteiger partial charge is 0.243 e. The zero-order valence-corrected chi connectivity index (χ0v) is 17.1. The topological polar surface area (TPSA) is 96.9 Å². The average molecular weight is 407 g/mol. The zero-order chi connectivity index (χ0) is 20.1. The number of hydrogen-bond acceptors (Lipinski definition) is 8. The SMILES string of the molecule is CCNc1ccc(N2CCN(S(=O)(=O)c3ccc(OC)c(OC)c3)CC2)nn1. The molecule has 2 heterocycles. The molecular formula is C18H25N5O4S.